The Morgan fingerprint density at radius 1 is 1.52 bits per heavy atom. The zero-order valence-electron chi connectivity index (χ0n) is 11.4. The molecule has 1 atom stereocenters. The molecule has 0 amide bonds. The van der Waals surface area contributed by atoms with E-state index in [1.54, 1.807) is 6.92 Å². The number of nitro benzene ring substituents is 1. The first kappa shape index (κ1) is 16.9. The number of nitro groups is 1. The van der Waals surface area contributed by atoms with E-state index in [1.165, 1.54) is 18.0 Å². The van der Waals surface area contributed by atoms with Crippen molar-refractivity contribution in [2.45, 2.75) is 24.3 Å². The fourth-order valence-corrected chi connectivity index (χ4v) is 2.44. The van der Waals surface area contributed by atoms with Gasteiger partial charge in [0.25, 0.3) is 5.69 Å². The minimum Gasteiger partial charge on any atom is -0.480 e. The first-order valence-electron chi connectivity index (χ1n) is 5.86. The highest BCUT2D eigenvalue weighted by atomic mass is 32.2. The van der Waals surface area contributed by atoms with Crippen LogP contribution in [0.2, 0.25) is 0 Å². The summed E-state index contributed by atoms with van der Waals surface area (Å²) in [4.78, 5) is 22.2. The first-order chi connectivity index (χ1) is 9.59. The number of likely N-dealkylation sites (N-methyl/N-ethyl adjacent to an activating group) is 1. The molecule has 0 aromatic heterocycles. The monoisotopic (exact) mass is 317 g/mol. The highest BCUT2D eigenvalue weighted by Crippen LogP contribution is 2.31. The van der Waals surface area contributed by atoms with Gasteiger partial charge in [-0.05, 0) is 18.6 Å². The summed E-state index contributed by atoms with van der Waals surface area (Å²) in [7, 11) is -2.69. The molecule has 0 aliphatic carbocycles. The van der Waals surface area contributed by atoms with Gasteiger partial charge in [0.15, 0.2) is 0 Å². The van der Waals surface area contributed by atoms with Crippen molar-refractivity contribution in [3.8, 4) is 0 Å². The lowest BCUT2D eigenvalue weighted by atomic mass is 10.1. The van der Waals surface area contributed by atoms with Gasteiger partial charge in [-0.25, -0.2) is 18.4 Å². The van der Waals surface area contributed by atoms with Crippen LogP contribution in [0.15, 0.2) is 23.1 Å². The number of rotatable bonds is 6. The summed E-state index contributed by atoms with van der Waals surface area (Å²) in [6.07, 6.45) is 0.222. The molecule has 10 heteroatoms. The van der Waals surface area contributed by atoms with Crippen LogP contribution in [0.3, 0.4) is 0 Å². The zero-order chi connectivity index (χ0) is 16.4. The van der Waals surface area contributed by atoms with Gasteiger partial charge < -0.3 is 10.0 Å². The normalized spacial score (nSPS) is 12.7. The molecule has 0 aliphatic rings. The average Bonchev–Trinajstić information content (AvgIpc) is 2.37. The minimum absolute atomic E-state index is 0.00153. The largest absolute Gasteiger partial charge is 0.480 e. The quantitative estimate of drug-likeness (QED) is 0.575. The van der Waals surface area contributed by atoms with Gasteiger partial charge >= 0.3 is 5.97 Å². The molecule has 0 spiro atoms. The van der Waals surface area contributed by atoms with Crippen LogP contribution in [0.1, 0.15) is 13.3 Å². The van der Waals surface area contributed by atoms with Crippen molar-refractivity contribution >= 4 is 27.4 Å². The van der Waals surface area contributed by atoms with Crippen molar-refractivity contribution in [2.75, 3.05) is 11.9 Å². The Hall–Kier alpha value is -2.20. The second kappa shape index (κ2) is 6.06. The molecule has 3 N–H and O–H groups in total. The van der Waals surface area contributed by atoms with Crippen LogP contribution in [-0.2, 0) is 14.8 Å². The predicted molar refractivity (Wildman–Crippen MR) is 74.6 cm³/mol. The van der Waals surface area contributed by atoms with Crippen molar-refractivity contribution < 1.29 is 23.2 Å². The van der Waals surface area contributed by atoms with Gasteiger partial charge in [0, 0.05) is 13.1 Å². The number of nitrogens with two attached hydrogens (primary N) is 1. The van der Waals surface area contributed by atoms with Gasteiger partial charge in [0.05, 0.1) is 9.82 Å². The van der Waals surface area contributed by atoms with Crippen LogP contribution in [0, 0.1) is 10.1 Å². The number of carboxylic acid groups (broad SMARTS) is 1. The van der Waals surface area contributed by atoms with Crippen LogP contribution in [0.4, 0.5) is 11.4 Å². The molecule has 0 heterocycles. The minimum atomic E-state index is -4.08. The number of hydrogen-bond donors (Lipinski definition) is 2. The fraction of sp³-hybridized carbons (Fsp3) is 0.364. The lowest BCUT2D eigenvalue weighted by Crippen LogP contribution is -2.38. The summed E-state index contributed by atoms with van der Waals surface area (Å²) in [5, 5.41) is 25.1. The SMILES string of the molecule is CCC(C(=O)O)N(C)c1ccc(S(N)(=O)=O)cc1[N+](=O)[O-]. The Labute approximate surface area is 121 Å². The third-order valence-corrected chi connectivity index (χ3v) is 3.90. The summed E-state index contributed by atoms with van der Waals surface area (Å²) < 4.78 is 22.5. The molecular formula is C11H15N3O6S. The number of hydrogen-bond acceptors (Lipinski definition) is 6. The molecule has 1 rings (SSSR count). The molecule has 0 bridgehead atoms. The molecule has 1 aromatic carbocycles. The molecule has 0 saturated carbocycles. The molecular weight excluding hydrogens is 302 g/mol. The molecule has 21 heavy (non-hydrogen) atoms. The van der Waals surface area contributed by atoms with Crippen molar-refractivity contribution in [1.29, 1.82) is 0 Å². The topological polar surface area (TPSA) is 144 Å². The van der Waals surface area contributed by atoms with Crippen LogP contribution in [0.5, 0.6) is 0 Å². The zero-order valence-corrected chi connectivity index (χ0v) is 12.2. The Kier molecular flexibility index (Phi) is 4.86. The van der Waals surface area contributed by atoms with Crippen molar-refractivity contribution in [2.24, 2.45) is 5.14 Å². The maximum atomic E-state index is 11.2. The van der Waals surface area contributed by atoms with Gasteiger partial charge in [0.1, 0.15) is 11.7 Å². The third kappa shape index (κ3) is 3.67. The smallest absolute Gasteiger partial charge is 0.326 e. The van der Waals surface area contributed by atoms with E-state index in [0.717, 1.165) is 12.1 Å². The Morgan fingerprint density at radius 3 is 2.48 bits per heavy atom. The first-order valence-corrected chi connectivity index (χ1v) is 7.41. The standard InChI is InChI=1S/C11H15N3O6S/c1-3-8(11(15)16)13(2)9-5-4-7(21(12,19)20)6-10(9)14(17)18/h4-6,8H,3H2,1-2H3,(H,15,16)(H2,12,19,20). The van der Waals surface area contributed by atoms with Crippen LogP contribution < -0.4 is 10.0 Å². The molecule has 116 valence electrons. The summed E-state index contributed by atoms with van der Waals surface area (Å²) in [6, 6.07) is 2.12. The second-order valence-corrected chi connectivity index (χ2v) is 5.89. The number of carboxylic acids is 1. The lowest BCUT2D eigenvalue weighted by Gasteiger charge is -2.25. The van der Waals surface area contributed by atoms with E-state index >= 15 is 0 Å². The molecule has 0 fully saturated rings. The molecule has 1 unspecified atom stereocenters. The van der Waals surface area contributed by atoms with E-state index in [9.17, 15) is 23.3 Å². The number of benzene rings is 1. The Morgan fingerprint density at radius 2 is 2.10 bits per heavy atom. The van der Waals surface area contributed by atoms with E-state index < -0.39 is 37.5 Å². The van der Waals surface area contributed by atoms with Crippen molar-refractivity contribution in [3.63, 3.8) is 0 Å². The van der Waals surface area contributed by atoms with E-state index in [2.05, 4.69) is 0 Å². The van der Waals surface area contributed by atoms with E-state index in [0.29, 0.717) is 0 Å². The number of nitrogens with zero attached hydrogens (tertiary/aromatic N) is 2. The van der Waals surface area contributed by atoms with Crippen LogP contribution in [-0.4, -0.2) is 37.5 Å². The third-order valence-electron chi connectivity index (χ3n) is 2.99. The number of anilines is 1. The molecule has 1 aromatic rings. The number of sulfonamides is 1. The fourth-order valence-electron chi connectivity index (χ4n) is 1.91. The highest BCUT2D eigenvalue weighted by molar-refractivity contribution is 7.89. The van der Waals surface area contributed by atoms with Crippen molar-refractivity contribution in [3.05, 3.63) is 28.3 Å². The van der Waals surface area contributed by atoms with E-state index in [4.69, 9.17) is 10.2 Å². The predicted octanol–water partition coefficient (Wildman–Crippen LogP) is 0.542. The van der Waals surface area contributed by atoms with Gasteiger partial charge in [-0.2, -0.15) is 0 Å². The molecule has 0 radical (unpaired) electrons. The summed E-state index contributed by atoms with van der Waals surface area (Å²) in [6.45, 7) is 1.62. The maximum Gasteiger partial charge on any atom is 0.326 e. The summed E-state index contributed by atoms with van der Waals surface area (Å²) in [5.74, 6) is -1.13. The molecule has 9 nitrogen and oxygen atoms in total. The molecule has 0 aliphatic heterocycles. The van der Waals surface area contributed by atoms with E-state index in [1.807, 2.05) is 0 Å². The Bertz CT molecular complexity index is 673. The van der Waals surface area contributed by atoms with Gasteiger partial charge in [-0.15, -0.1) is 0 Å². The number of aliphatic carboxylic acids is 1. The van der Waals surface area contributed by atoms with E-state index in [-0.39, 0.29) is 12.1 Å². The number of primary sulfonamides is 1. The van der Waals surface area contributed by atoms with Crippen LogP contribution >= 0.6 is 0 Å². The average molecular weight is 317 g/mol. The van der Waals surface area contributed by atoms with Gasteiger partial charge in [0.2, 0.25) is 10.0 Å². The maximum absolute atomic E-state index is 11.2. The van der Waals surface area contributed by atoms with Gasteiger partial charge in [-0.1, -0.05) is 6.92 Å². The molecule has 0 saturated heterocycles. The number of carbonyl (C=O) groups is 1. The summed E-state index contributed by atoms with van der Waals surface area (Å²) in [5.41, 5.74) is -0.523. The highest BCUT2D eigenvalue weighted by Gasteiger charge is 2.27. The Balaban J connectivity index is 3.43. The summed E-state index contributed by atoms with van der Waals surface area (Å²) >= 11 is 0. The van der Waals surface area contributed by atoms with Crippen LogP contribution in [0.25, 0.3) is 0 Å². The lowest BCUT2D eigenvalue weighted by molar-refractivity contribution is -0.384. The van der Waals surface area contributed by atoms with Gasteiger partial charge in [-0.3, -0.25) is 10.1 Å². The van der Waals surface area contributed by atoms with Crippen molar-refractivity contribution in [1.82, 2.24) is 0 Å². The second-order valence-electron chi connectivity index (χ2n) is 4.33.